The van der Waals surface area contributed by atoms with E-state index in [-0.39, 0.29) is 0 Å². The lowest BCUT2D eigenvalue weighted by molar-refractivity contribution is -0.0480. The highest BCUT2D eigenvalue weighted by Gasteiger charge is 2.45. The third kappa shape index (κ3) is 3.85. The molecule has 35 heavy (non-hydrogen) atoms. The van der Waals surface area contributed by atoms with Gasteiger partial charge in [0.25, 0.3) is 0 Å². The van der Waals surface area contributed by atoms with Crippen molar-refractivity contribution in [3.63, 3.8) is 0 Å². The molecular weight excluding hydrogens is 434 g/mol. The average molecular weight is 472 g/mol. The van der Waals surface area contributed by atoms with Crippen molar-refractivity contribution in [2.75, 3.05) is 7.11 Å². The van der Waals surface area contributed by atoms with Crippen LogP contribution in [-0.4, -0.2) is 49.7 Å². The average Bonchev–Trinajstić information content (AvgIpc) is 3.27. The van der Waals surface area contributed by atoms with Crippen LogP contribution >= 0.6 is 0 Å². The van der Waals surface area contributed by atoms with Crippen molar-refractivity contribution in [1.29, 1.82) is 0 Å². The molecule has 0 radical (unpaired) electrons. The number of imidazole rings is 1. The van der Waals surface area contributed by atoms with Crippen LogP contribution in [0, 0.1) is 11.8 Å². The van der Waals surface area contributed by atoms with Crippen LogP contribution < -0.4 is 4.74 Å². The Morgan fingerprint density at radius 3 is 2.23 bits per heavy atom. The molecule has 4 fully saturated rings. The van der Waals surface area contributed by atoms with E-state index in [0.717, 1.165) is 34.9 Å². The molecule has 2 aliphatic heterocycles. The van der Waals surface area contributed by atoms with Gasteiger partial charge in [-0.3, -0.25) is 4.90 Å². The third-order valence-corrected chi connectivity index (χ3v) is 9.56. The minimum Gasteiger partial charge on any atom is -0.480 e. The van der Waals surface area contributed by atoms with Crippen LogP contribution in [0.15, 0.2) is 36.7 Å². The normalized spacial score (nSPS) is 33.1. The molecule has 2 saturated carbocycles. The molecule has 1 aromatic carbocycles. The summed E-state index contributed by atoms with van der Waals surface area (Å²) in [6.45, 7) is 0. The molecule has 4 bridgehead atoms. The first-order valence-electron chi connectivity index (χ1n) is 13.9. The van der Waals surface area contributed by atoms with E-state index in [2.05, 4.69) is 43.7 Å². The maximum Gasteiger partial charge on any atom is 0.232 e. The SMILES string of the molecule is COc1cnc(-c2nc3ccccc3n2C2C[C@H]3CCC[C@@H](C2)N3[C@@H]2C[C@@H]3CCC[C@@H](C3)C2)cn1. The molecule has 1 unspecified atom stereocenters. The molecular formula is C29H37N5O. The van der Waals surface area contributed by atoms with Gasteiger partial charge < -0.3 is 9.30 Å². The van der Waals surface area contributed by atoms with Crippen molar-refractivity contribution in [3.05, 3.63) is 36.7 Å². The van der Waals surface area contributed by atoms with E-state index in [9.17, 15) is 0 Å². The Kier molecular flexibility index (Phi) is 5.53. The van der Waals surface area contributed by atoms with E-state index in [1.165, 1.54) is 76.1 Å². The summed E-state index contributed by atoms with van der Waals surface area (Å²) in [5, 5.41) is 0. The highest BCUT2D eigenvalue weighted by Crippen LogP contribution is 2.48. The Labute approximate surface area is 208 Å². The number of rotatable bonds is 4. The molecule has 7 rings (SSSR count). The van der Waals surface area contributed by atoms with Gasteiger partial charge in [0.15, 0.2) is 5.82 Å². The molecule has 4 heterocycles. The highest BCUT2D eigenvalue weighted by molar-refractivity contribution is 5.80. The second kappa shape index (κ2) is 8.88. The zero-order valence-corrected chi connectivity index (χ0v) is 20.9. The van der Waals surface area contributed by atoms with E-state index in [4.69, 9.17) is 9.72 Å². The molecule has 6 heteroatoms. The van der Waals surface area contributed by atoms with Crippen LogP contribution in [0.3, 0.4) is 0 Å². The molecule has 0 spiro atoms. The van der Waals surface area contributed by atoms with Crippen LogP contribution in [-0.2, 0) is 0 Å². The van der Waals surface area contributed by atoms with E-state index in [1.807, 2.05) is 6.20 Å². The number of methoxy groups -OCH3 is 1. The molecule has 0 amide bonds. The molecule has 2 aromatic heterocycles. The van der Waals surface area contributed by atoms with Crippen molar-refractivity contribution in [3.8, 4) is 17.4 Å². The summed E-state index contributed by atoms with van der Waals surface area (Å²) in [7, 11) is 1.63. The summed E-state index contributed by atoms with van der Waals surface area (Å²) < 4.78 is 7.76. The fraction of sp³-hybridized carbons (Fsp3) is 0.621. The Bertz CT molecular complexity index is 1160. The van der Waals surface area contributed by atoms with Gasteiger partial charge >= 0.3 is 0 Å². The molecule has 4 aliphatic rings. The minimum absolute atomic E-state index is 0.455. The lowest BCUT2D eigenvalue weighted by atomic mass is 9.68. The first-order chi connectivity index (χ1) is 17.3. The Hall–Kier alpha value is -2.47. The van der Waals surface area contributed by atoms with Crippen molar-refractivity contribution in [1.82, 2.24) is 24.4 Å². The first kappa shape index (κ1) is 21.8. The molecule has 6 nitrogen and oxygen atoms in total. The monoisotopic (exact) mass is 471 g/mol. The molecule has 184 valence electrons. The summed E-state index contributed by atoms with van der Waals surface area (Å²) in [5.41, 5.74) is 3.10. The van der Waals surface area contributed by atoms with Crippen molar-refractivity contribution < 1.29 is 4.74 Å². The predicted octanol–water partition coefficient (Wildman–Crippen LogP) is 6.03. The summed E-state index contributed by atoms with van der Waals surface area (Å²) >= 11 is 0. The van der Waals surface area contributed by atoms with E-state index < -0.39 is 0 Å². The molecule has 3 aromatic rings. The van der Waals surface area contributed by atoms with Crippen LogP contribution in [0.4, 0.5) is 0 Å². The lowest BCUT2D eigenvalue weighted by Crippen LogP contribution is -2.58. The number of ether oxygens (including phenoxy) is 1. The van der Waals surface area contributed by atoms with Gasteiger partial charge in [0.1, 0.15) is 5.69 Å². The standard InChI is InChI=1S/C29H37N5O/c1-35-28-18-30-26(17-31-28)29-32-25-10-2-3-11-27(25)34(29)24-15-21-8-5-9-22(16-24)33(21)23-13-19-6-4-7-20(12-19)14-23/h2-3,10-11,17-24H,4-9,12-16H2,1H3/t19-,20+,21-,22+,23-,24?. The summed E-state index contributed by atoms with van der Waals surface area (Å²) in [6, 6.07) is 11.3. The topological polar surface area (TPSA) is 56.1 Å². The van der Waals surface area contributed by atoms with Gasteiger partial charge in [-0.1, -0.05) is 37.8 Å². The van der Waals surface area contributed by atoms with Gasteiger partial charge in [0, 0.05) is 24.2 Å². The van der Waals surface area contributed by atoms with Gasteiger partial charge in [-0.2, -0.15) is 0 Å². The fourth-order valence-electron chi connectivity index (χ4n) is 8.27. The van der Waals surface area contributed by atoms with Gasteiger partial charge in [-0.15, -0.1) is 0 Å². The number of aromatic nitrogens is 4. The number of para-hydroxylation sites is 2. The van der Waals surface area contributed by atoms with E-state index in [1.54, 1.807) is 13.3 Å². The summed E-state index contributed by atoms with van der Waals surface area (Å²) in [4.78, 5) is 17.2. The summed E-state index contributed by atoms with van der Waals surface area (Å²) in [6.07, 6.45) is 18.9. The smallest absolute Gasteiger partial charge is 0.232 e. The van der Waals surface area contributed by atoms with Gasteiger partial charge in [0.05, 0.1) is 30.5 Å². The molecule has 6 atom stereocenters. The largest absolute Gasteiger partial charge is 0.480 e. The number of piperidine rings is 2. The zero-order chi connectivity index (χ0) is 23.4. The number of benzene rings is 1. The lowest BCUT2D eigenvalue weighted by Gasteiger charge is -2.55. The highest BCUT2D eigenvalue weighted by atomic mass is 16.5. The van der Waals surface area contributed by atoms with Crippen molar-refractivity contribution >= 4 is 11.0 Å². The third-order valence-electron chi connectivity index (χ3n) is 9.56. The molecule has 2 aliphatic carbocycles. The van der Waals surface area contributed by atoms with Crippen molar-refractivity contribution in [2.45, 2.75) is 94.8 Å². The Morgan fingerprint density at radius 2 is 1.51 bits per heavy atom. The maximum absolute atomic E-state index is 5.25. The van der Waals surface area contributed by atoms with Crippen molar-refractivity contribution in [2.24, 2.45) is 11.8 Å². The second-order valence-corrected chi connectivity index (χ2v) is 11.6. The predicted molar refractivity (Wildman–Crippen MR) is 137 cm³/mol. The van der Waals surface area contributed by atoms with Gasteiger partial charge in [-0.25, -0.2) is 15.0 Å². The second-order valence-electron chi connectivity index (χ2n) is 11.6. The Balaban J connectivity index is 1.23. The summed E-state index contributed by atoms with van der Waals surface area (Å²) in [5.74, 6) is 3.47. The fourth-order valence-corrected chi connectivity index (χ4v) is 8.27. The maximum atomic E-state index is 5.25. The Morgan fingerprint density at radius 1 is 0.771 bits per heavy atom. The molecule has 2 saturated heterocycles. The van der Waals surface area contributed by atoms with Crippen LogP contribution in [0.5, 0.6) is 5.88 Å². The van der Waals surface area contributed by atoms with Gasteiger partial charge in [0.2, 0.25) is 5.88 Å². The quantitative estimate of drug-likeness (QED) is 0.465. The van der Waals surface area contributed by atoms with Crippen LogP contribution in [0.25, 0.3) is 22.6 Å². The first-order valence-corrected chi connectivity index (χ1v) is 13.9. The zero-order valence-electron chi connectivity index (χ0n) is 20.9. The number of hydrogen-bond acceptors (Lipinski definition) is 5. The van der Waals surface area contributed by atoms with E-state index >= 15 is 0 Å². The van der Waals surface area contributed by atoms with Crippen LogP contribution in [0.2, 0.25) is 0 Å². The van der Waals surface area contributed by atoms with Gasteiger partial charge in [-0.05, 0) is 68.9 Å². The van der Waals surface area contributed by atoms with Crippen LogP contribution in [0.1, 0.15) is 76.7 Å². The number of fused-ring (bicyclic) bond motifs is 5. The number of hydrogen-bond donors (Lipinski definition) is 0. The van der Waals surface area contributed by atoms with E-state index in [0.29, 0.717) is 24.0 Å². The number of nitrogens with zero attached hydrogens (tertiary/aromatic N) is 5. The minimum atomic E-state index is 0.455. The molecule has 0 N–H and O–H groups in total.